The fourth-order valence-corrected chi connectivity index (χ4v) is 2.00. The van der Waals surface area contributed by atoms with E-state index in [9.17, 15) is 4.79 Å². The fourth-order valence-electron chi connectivity index (χ4n) is 2.00. The first-order valence-corrected chi connectivity index (χ1v) is 5.71. The molecule has 0 aliphatic carbocycles. The Kier molecular flexibility index (Phi) is 4.76. The molecule has 0 spiro atoms. The van der Waals surface area contributed by atoms with Crippen LogP contribution in [0.3, 0.4) is 0 Å². The van der Waals surface area contributed by atoms with E-state index in [2.05, 4.69) is 31.0 Å². The van der Waals surface area contributed by atoms with E-state index < -0.39 is 0 Å². The summed E-state index contributed by atoms with van der Waals surface area (Å²) < 4.78 is 0. The maximum atomic E-state index is 11.2. The summed E-state index contributed by atoms with van der Waals surface area (Å²) in [5, 5.41) is 3.25. The quantitative estimate of drug-likeness (QED) is 0.702. The van der Waals surface area contributed by atoms with Crippen LogP contribution in [-0.4, -0.2) is 18.4 Å². The summed E-state index contributed by atoms with van der Waals surface area (Å²) in [6.45, 7) is 8.75. The summed E-state index contributed by atoms with van der Waals surface area (Å²) in [7, 11) is 0. The van der Waals surface area contributed by atoms with Crippen molar-refractivity contribution in [1.29, 1.82) is 0 Å². The SMILES string of the molecule is C=C(/C=C\CC)C[C@@H]1CN[C@H](C(C)=O)C1. The lowest BCUT2D eigenvalue weighted by atomic mass is 9.96. The highest BCUT2D eigenvalue weighted by molar-refractivity contribution is 5.81. The second-order valence-electron chi connectivity index (χ2n) is 4.35. The van der Waals surface area contributed by atoms with Crippen LogP contribution in [0, 0.1) is 5.92 Å². The van der Waals surface area contributed by atoms with Crippen molar-refractivity contribution in [2.75, 3.05) is 6.54 Å². The molecule has 15 heavy (non-hydrogen) atoms. The van der Waals surface area contributed by atoms with Gasteiger partial charge in [-0.05, 0) is 38.6 Å². The van der Waals surface area contributed by atoms with Crippen molar-refractivity contribution < 1.29 is 4.79 Å². The molecule has 0 radical (unpaired) electrons. The standard InChI is InChI=1S/C13H21NO/c1-4-5-6-10(2)7-12-8-13(11(3)15)14-9-12/h5-6,12-14H,2,4,7-9H2,1,3H3/b6-5-/t12-,13-/m0/s1. The third-order valence-corrected chi connectivity index (χ3v) is 2.85. The van der Waals surface area contributed by atoms with Crippen molar-refractivity contribution in [3.63, 3.8) is 0 Å². The predicted octanol–water partition coefficient (Wildman–Crippen LogP) is 2.47. The van der Waals surface area contributed by atoms with Crippen molar-refractivity contribution in [3.8, 4) is 0 Å². The number of hydrogen-bond acceptors (Lipinski definition) is 2. The Morgan fingerprint density at radius 1 is 1.60 bits per heavy atom. The van der Waals surface area contributed by atoms with Crippen LogP contribution < -0.4 is 5.32 Å². The van der Waals surface area contributed by atoms with Crippen LogP contribution in [0.5, 0.6) is 0 Å². The Labute approximate surface area is 92.4 Å². The Hall–Kier alpha value is -0.890. The molecule has 0 saturated carbocycles. The van der Waals surface area contributed by atoms with Crippen LogP contribution in [-0.2, 0) is 4.79 Å². The molecule has 84 valence electrons. The van der Waals surface area contributed by atoms with Gasteiger partial charge in [-0.25, -0.2) is 0 Å². The number of nitrogens with one attached hydrogen (secondary N) is 1. The minimum atomic E-state index is 0.0814. The van der Waals surface area contributed by atoms with Crippen molar-refractivity contribution >= 4 is 5.78 Å². The van der Waals surface area contributed by atoms with Crippen LogP contribution in [0.1, 0.15) is 33.1 Å². The number of carbonyl (C=O) groups excluding carboxylic acids is 1. The average Bonchev–Trinajstić information content (AvgIpc) is 2.63. The van der Waals surface area contributed by atoms with E-state index in [1.807, 2.05) is 0 Å². The van der Waals surface area contributed by atoms with Gasteiger partial charge < -0.3 is 5.32 Å². The molecule has 0 bridgehead atoms. The van der Waals surface area contributed by atoms with Crippen molar-refractivity contribution in [1.82, 2.24) is 5.32 Å². The molecule has 1 aliphatic rings. The van der Waals surface area contributed by atoms with E-state index in [0.29, 0.717) is 5.92 Å². The van der Waals surface area contributed by atoms with Crippen LogP contribution in [0.15, 0.2) is 24.3 Å². The Morgan fingerprint density at radius 2 is 2.33 bits per heavy atom. The van der Waals surface area contributed by atoms with Crippen LogP contribution >= 0.6 is 0 Å². The van der Waals surface area contributed by atoms with Crippen LogP contribution in [0.25, 0.3) is 0 Å². The van der Waals surface area contributed by atoms with E-state index in [-0.39, 0.29) is 11.8 Å². The molecule has 1 heterocycles. The largest absolute Gasteiger partial charge is 0.307 e. The molecule has 0 aromatic rings. The third kappa shape index (κ3) is 4.00. The average molecular weight is 207 g/mol. The molecule has 0 amide bonds. The number of carbonyl (C=O) groups is 1. The van der Waals surface area contributed by atoms with Gasteiger partial charge in [-0.15, -0.1) is 0 Å². The molecule has 2 heteroatoms. The minimum absolute atomic E-state index is 0.0814. The Morgan fingerprint density at radius 3 is 2.87 bits per heavy atom. The summed E-state index contributed by atoms with van der Waals surface area (Å²) in [6, 6.07) is 0.0814. The van der Waals surface area contributed by atoms with Gasteiger partial charge in [-0.1, -0.05) is 31.2 Å². The first kappa shape index (κ1) is 12.2. The molecule has 0 aromatic heterocycles. The van der Waals surface area contributed by atoms with Crippen LogP contribution in [0.2, 0.25) is 0 Å². The lowest BCUT2D eigenvalue weighted by Gasteiger charge is -2.08. The van der Waals surface area contributed by atoms with Crippen molar-refractivity contribution in [2.45, 2.75) is 39.2 Å². The molecule has 1 N–H and O–H groups in total. The molecule has 0 aromatic carbocycles. The van der Waals surface area contributed by atoms with Crippen LogP contribution in [0.4, 0.5) is 0 Å². The van der Waals surface area contributed by atoms with Gasteiger partial charge in [-0.3, -0.25) is 4.79 Å². The predicted molar refractivity (Wildman–Crippen MR) is 63.8 cm³/mol. The number of allylic oxidation sites excluding steroid dienone is 3. The first-order chi connectivity index (χ1) is 7.13. The summed E-state index contributed by atoms with van der Waals surface area (Å²) in [5.41, 5.74) is 1.17. The van der Waals surface area contributed by atoms with Crippen molar-refractivity contribution in [3.05, 3.63) is 24.3 Å². The third-order valence-electron chi connectivity index (χ3n) is 2.85. The molecule has 2 nitrogen and oxygen atoms in total. The lowest BCUT2D eigenvalue weighted by molar-refractivity contribution is -0.118. The minimum Gasteiger partial charge on any atom is -0.307 e. The first-order valence-electron chi connectivity index (χ1n) is 5.71. The highest BCUT2D eigenvalue weighted by Crippen LogP contribution is 2.22. The Balaban J connectivity index is 2.33. The van der Waals surface area contributed by atoms with Gasteiger partial charge in [0.2, 0.25) is 0 Å². The molecular weight excluding hydrogens is 186 g/mol. The maximum Gasteiger partial charge on any atom is 0.146 e. The zero-order valence-electron chi connectivity index (χ0n) is 9.75. The summed E-state index contributed by atoms with van der Waals surface area (Å²) in [6.07, 6.45) is 7.26. The lowest BCUT2D eigenvalue weighted by Crippen LogP contribution is -2.28. The maximum absolute atomic E-state index is 11.2. The van der Waals surface area contributed by atoms with Crippen molar-refractivity contribution in [2.24, 2.45) is 5.92 Å². The molecular formula is C13H21NO. The number of ketones is 1. The summed E-state index contributed by atoms with van der Waals surface area (Å²) in [5.74, 6) is 0.833. The van der Waals surface area contributed by atoms with Gasteiger partial charge >= 0.3 is 0 Å². The van der Waals surface area contributed by atoms with Gasteiger partial charge in [0.1, 0.15) is 5.78 Å². The molecule has 1 rings (SSSR count). The van der Waals surface area contributed by atoms with E-state index in [0.717, 1.165) is 25.8 Å². The highest BCUT2D eigenvalue weighted by Gasteiger charge is 2.26. The number of Topliss-reactive ketones (excluding diaryl/α,β-unsaturated/α-hetero) is 1. The van der Waals surface area contributed by atoms with Gasteiger partial charge in [0.05, 0.1) is 6.04 Å². The van der Waals surface area contributed by atoms with E-state index in [1.54, 1.807) is 6.92 Å². The molecule has 1 aliphatic heterocycles. The second kappa shape index (κ2) is 5.86. The summed E-state index contributed by atoms with van der Waals surface area (Å²) >= 11 is 0. The van der Waals surface area contributed by atoms with Gasteiger partial charge in [0.25, 0.3) is 0 Å². The topological polar surface area (TPSA) is 29.1 Å². The van der Waals surface area contributed by atoms with E-state index in [4.69, 9.17) is 0 Å². The zero-order chi connectivity index (χ0) is 11.3. The van der Waals surface area contributed by atoms with Gasteiger partial charge in [-0.2, -0.15) is 0 Å². The van der Waals surface area contributed by atoms with E-state index >= 15 is 0 Å². The molecule has 1 saturated heterocycles. The fraction of sp³-hybridized carbons (Fsp3) is 0.615. The summed E-state index contributed by atoms with van der Waals surface area (Å²) in [4.78, 5) is 11.2. The monoisotopic (exact) mass is 207 g/mol. The molecule has 1 fully saturated rings. The molecule has 0 unspecified atom stereocenters. The highest BCUT2D eigenvalue weighted by atomic mass is 16.1. The number of hydrogen-bond donors (Lipinski definition) is 1. The Bertz CT molecular complexity index is 268. The van der Waals surface area contributed by atoms with Gasteiger partial charge in [0, 0.05) is 0 Å². The van der Waals surface area contributed by atoms with E-state index in [1.165, 1.54) is 5.57 Å². The number of rotatable bonds is 5. The zero-order valence-corrected chi connectivity index (χ0v) is 9.75. The normalized spacial score (nSPS) is 26.0. The van der Waals surface area contributed by atoms with Gasteiger partial charge in [0.15, 0.2) is 0 Å². The molecule has 2 atom stereocenters. The smallest absolute Gasteiger partial charge is 0.146 e. The second-order valence-corrected chi connectivity index (χ2v) is 4.35.